The zero-order valence-corrected chi connectivity index (χ0v) is 13.0. The summed E-state index contributed by atoms with van der Waals surface area (Å²) in [6, 6.07) is 8.56. The first-order valence-corrected chi connectivity index (χ1v) is 8.29. The maximum absolute atomic E-state index is 13.3. The Morgan fingerprint density at radius 1 is 1.24 bits per heavy atom. The van der Waals surface area contributed by atoms with Gasteiger partial charge in [0.15, 0.2) is 0 Å². The van der Waals surface area contributed by atoms with Crippen molar-refractivity contribution in [3.63, 3.8) is 0 Å². The molecule has 0 saturated heterocycles. The molecule has 1 aromatic carbocycles. The monoisotopic (exact) mass is 286 g/mol. The van der Waals surface area contributed by atoms with Crippen molar-refractivity contribution in [2.24, 2.45) is 11.1 Å². The van der Waals surface area contributed by atoms with Crippen molar-refractivity contribution < 1.29 is 4.79 Å². The molecule has 3 rings (SSSR count). The van der Waals surface area contributed by atoms with Crippen LogP contribution in [0.2, 0.25) is 0 Å². The van der Waals surface area contributed by atoms with Gasteiger partial charge in [-0.1, -0.05) is 43.9 Å². The number of nitrogens with zero attached hydrogens (tertiary/aromatic N) is 1. The van der Waals surface area contributed by atoms with Gasteiger partial charge in [0.05, 0.1) is 5.41 Å². The molecule has 3 heteroatoms. The number of hydrogen-bond donors (Lipinski definition) is 1. The number of benzene rings is 1. The molecule has 2 aliphatic rings. The van der Waals surface area contributed by atoms with E-state index in [0.717, 1.165) is 37.8 Å². The minimum atomic E-state index is -0.331. The van der Waals surface area contributed by atoms with Gasteiger partial charge in [0.25, 0.3) is 0 Å². The lowest BCUT2D eigenvalue weighted by Gasteiger charge is -2.36. The molecular formula is C18H26N2O. The smallest absolute Gasteiger partial charge is 0.234 e. The number of carbonyl (C=O) groups is 1. The summed E-state index contributed by atoms with van der Waals surface area (Å²) in [6.07, 6.45) is 7.60. The highest BCUT2D eigenvalue weighted by Crippen LogP contribution is 2.41. The van der Waals surface area contributed by atoms with Crippen LogP contribution >= 0.6 is 0 Å². The van der Waals surface area contributed by atoms with Crippen LogP contribution in [0, 0.1) is 5.41 Å². The van der Waals surface area contributed by atoms with E-state index >= 15 is 0 Å². The normalized spacial score (nSPS) is 24.5. The predicted octanol–water partition coefficient (Wildman–Crippen LogP) is 3.26. The third-order valence-electron chi connectivity index (χ3n) is 5.33. The van der Waals surface area contributed by atoms with Crippen LogP contribution in [0.25, 0.3) is 0 Å². The van der Waals surface area contributed by atoms with E-state index in [4.69, 9.17) is 5.73 Å². The first kappa shape index (κ1) is 14.6. The first-order chi connectivity index (χ1) is 10.2. The van der Waals surface area contributed by atoms with Gasteiger partial charge in [-0.05, 0) is 37.8 Å². The number of anilines is 1. The van der Waals surface area contributed by atoms with E-state index in [0.29, 0.717) is 6.54 Å². The second kappa shape index (κ2) is 5.80. The SMILES string of the molecule is CC1Cc2ccccc2N1C(=O)C1(CN)CCCCCC1. The molecule has 21 heavy (non-hydrogen) atoms. The van der Waals surface area contributed by atoms with Crippen molar-refractivity contribution in [1.29, 1.82) is 0 Å². The lowest BCUT2D eigenvalue weighted by atomic mass is 9.78. The fourth-order valence-corrected chi connectivity index (χ4v) is 4.04. The number of rotatable bonds is 2. The van der Waals surface area contributed by atoms with Crippen molar-refractivity contribution in [1.82, 2.24) is 0 Å². The fourth-order valence-electron chi connectivity index (χ4n) is 4.04. The summed E-state index contributed by atoms with van der Waals surface area (Å²) in [5.41, 5.74) is 8.16. The van der Waals surface area contributed by atoms with Gasteiger partial charge in [-0.3, -0.25) is 4.79 Å². The van der Waals surface area contributed by atoms with Crippen molar-refractivity contribution in [3.05, 3.63) is 29.8 Å². The van der Waals surface area contributed by atoms with Gasteiger partial charge in [-0.2, -0.15) is 0 Å². The molecule has 3 nitrogen and oxygen atoms in total. The van der Waals surface area contributed by atoms with Gasteiger partial charge in [-0.15, -0.1) is 0 Å². The summed E-state index contributed by atoms with van der Waals surface area (Å²) in [6.45, 7) is 2.63. The van der Waals surface area contributed by atoms with Crippen LogP contribution in [0.5, 0.6) is 0 Å². The van der Waals surface area contributed by atoms with E-state index in [-0.39, 0.29) is 17.4 Å². The molecule has 0 bridgehead atoms. The van der Waals surface area contributed by atoms with Crippen molar-refractivity contribution in [2.75, 3.05) is 11.4 Å². The highest BCUT2D eigenvalue weighted by atomic mass is 16.2. The number of nitrogens with two attached hydrogens (primary N) is 1. The molecule has 1 fully saturated rings. The highest BCUT2D eigenvalue weighted by Gasteiger charge is 2.43. The van der Waals surface area contributed by atoms with Crippen LogP contribution in [0.1, 0.15) is 51.0 Å². The molecule has 0 radical (unpaired) electrons. The summed E-state index contributed by atoms with van der Waals surface area (Å²) in [5.74, 6) is 0.268. The Balaban J connectivity index is 1.93. The van der Waals surface area contributed by atoms with E-state index in [1.807, 2.05) is 11.0 Å². The van der Waals surface area contributed by atoms with E-state index in [1.54, 1.807) is 0 Å². The van der Waals surface area contributed by atoms with Crippen molar-refractivity contribution in [3.8, 4) is 0 Å². The molecule has 114 valence electrons. The number of para-hydroxylation sites is 1. The first-order valence-electron chi connectivity index (χ1n) is 8.29. The Kier molecular flexibility index (Phi) is 4.03. The Morgan fingerprint density at radius 3 is 2.57 bits per heavy atom. The predicted molar refractivity (Wildman–Crippen MR) is 86.3 cm³/mol. The molecule has 0 spiro atoms. The lowest BCUT2D eigenvalue weighted by Crippen LogP contribution is -2.50. The van der Waals surface area contributed by atoms with Crippen molar-refractivity contribution >= 4 is 11.6 Å². The van der Waals surface area contributed by atoms with Crippen LogP contribution in [0.15, 0.2) is 24.3 Å². The van der Waals surface area contributed by atoms with E-state index in [9.17, 15) is 4.79 Å². The standard InChI is InChI=1S/C18H26N2O/c1-14-12-15-8-4-5-9-16(15)20(14)17(21)18(13-19)10-6-2-3-7-11-18/h4-5,8-9,14H,2-3,6-7,10-13,19H2,1H3. The summed E-state index contributed by atoms with van der Waals surface area (Å²) < 4.78 is 0. The van der Waals surface area contributed by atoms with Crippen LogP contribution in [0.3, 0.4) is 0 Å². The van der Waals surface area contributed by atoms with Crippen LogP contribution in [-0.2, 0) is 11.2 Å². The number of hydrogen-bond acceptors (Lipinski definition) is 2. The quantitative estimate of drug-likeness (QED) is 0.848. The minimum absolute atomic E-state index is 0.251. The van der Waals surface area contributed by atoms with Gasteiger partial charge in [-0.25, -0.2) is 0 Å². The zero-order chi connectivity index (χ0) is 14.9. The fraction of sp³-hybridized carbons (Fsp3) is 0.611. The molecule has 1 amide bonds. The Labute approximate surface area is 127 Å². The zero-order valence-electron chi connectivity index (χ0n) is 13.0. The summed E-state index contributed by atoms with van der Waals surface area (Å²) in [7, 11) is 0. The second-order valence-electron chi connectivity index (χ2n) is 6.76. The van der Waals surface area contributed by atoms with E-state index < -0.39 is 0 Å². The Morgan fingerprint density at radius 2 is 1.90 bits per heavy atom. The summed E-state index contributed by atoms with van der Waals surface area (Å²) >= 11 is 0. The average molecular weight is 286 g/mol. The van der Waals surface area contributed by atoms with Crippen LogP contribution < -0.4 is 10.6 Å². The molecule has 2 N–H and O–H groups in total. The second-order valence-corrected chi connectivity index (χ2v) is 6.76. The highest BCUT2D eigenvalue weighted by molar-refractivity contribution is 6.00. The van der Waals surface area contributed by atoms with Gasteiger partial charge >= 0.3 is 0 Å². The van der Waals surface area contributed by atoms with Crippen LogP contribution in [0.4, 0.5) is 5.69 Å². The Bertz CT molecular complexity index is 518. The van der Waals surface area contributed by atoms with E-state index in [2.05, 4.69) is 25.1 Å². The average Bonchev–Trinajstić information content (AvgIpc) is 2.68. The molecule has 1 saturated carbocycles. The molecule has 0 aromatic heterocycles. The third kappa shape index (κ3) is 2.48. The molecule has 1 aromatic rings. The van der Waals surface area contributed by atoms with Gasteiger partial charge in [0.1, 0.15) is 0 Å². The maximum atomic E-state index is 13.3. The summed E-state index contributed by atoms with van der Waals surface area (Å²) in [4.78, 5) is 15.4. The lowest BCUT2D eigenvalue weighted by molar-refractivity contribution is -0.128. The van der Waals surface area contributed by atoms with Gasteiger partial charge < -0.3 is 10.6 Å². The topological polar surface area (TPSA) is 46.3 Å². The Hall–Kier alpha value is -1.35. The maximum Gasteiger partial charge on any atom is 0.234 e. The molecular weight excluding hydrogens is 260 g/mol. The van der Waals surface area contributed by atoms with E-state index in [1.165, 1.54) is 18.4 Å². The number of carbonyl (C=O) groups excluding carboxylic acids is 1. The molecule has 1 unspecified atom stereocenters. The molecule has 1 aliphatic heterocycles. The third-order valence-corrected chi connectivity index (χ3v) is 5.33. The molecule has 1 aliphatic carbocycles. The van der Waals surface area contributed by atoms with Crippen LogP contribution in [-0.4, -0.2) is 18.5 Å². The molecule has 1 heterocycles. The largest absolute Gasteiger partial charge is 0.329 e. The number of amides is 1. The van der Waals surface area contributed by atoms with Crippen molar-refractivity contribution in [2.45, 2.75) is 57.9 Å². The van der Waals surface area contributed by atoms with Gasteiger partial charge in [0.2, 0.25) is 5.91 Å². The molecule has 1 atom stereocenters. The number of fused-ring (bicyclic) bond motifs is 1. The summed E-state index contributed by atoms with van der Waals surface area (Å²) in [5, 5.41) is 0. The minimum Gasteiger partial charge on any atom is -0.329 e. The van der Waals surface area contributed by atoms with Gasteiger partial charge in [0, 0.05) is 18.3 Å².